The Morgan fingerprint density at radius 2 is 1.24 bits per heavy atom. The highest BCUT2D eigenvalue weighted by atomic mass is 32.2. The zero-order valence-corrected chi connectivity index (χ0v) is 19.3. The first kappa shape index (κ1) is 22.8. The lowest BCUT2D eigenvalue weighted by atomic mass is 9.96. The van der Waals surface area contributed by atoms with Gasteiger partial charge < -0.3 is 10.2 Å². The van der Waals surface area contributed by atoms with E-state index in [2.05, 4.69) is 63.5 Å². The molecule has 0 saturated carbocycles. The number of nitrogens with one attached hydrogen (secondary N) is 2. The Balaban J connectivity index is 1.39. The molecule has 33 heavy (non-hydrogen) atoms. The topological polar surface area (TPSA) is 81.8 Å². The molecule has 2 amide bonds. The summed E-state index contributed by atoms with van der Waals surface area (Å²) in [6.07, 6.45) is 1.10. The summed E-state index contributed by atoms with van der Waals surface area (Å²) < 4.78 is 25.1. The average molecular weight is 465 g/mol. The monoisotopic (exact) mass is 464 g/mol. The number of nitrogens with zero attached hydrogens (tertiary/aromatic N) is 2. The number of anilines is 2. The summed E-state index contributed by atoms with van der Waals surface area (Å²) in [5, 5.41) is 2.90. The van der Waals surface area contributed by atoms with E-state index < -0.39 is 10.0 Å². The fourth-order valence-electron chi connectivity index (χ4n) is 4.11. The van der Waals surface area contributed by atoms with Crippen molar-refractivity contribution in [3.63, 3.8) is 0 Å². The summed E-state index contributed by atoms with van der Waals surface area (Å²) in [4.78, 5) is 17.0. The summed E-state index contributed by atoms with van der Waals surface area (Å²) in [7, 11) is -3.33. The normalized spacial score (nSPS) is 14.8. The van der Waals surface area contributed by atoms with Crippen LogP contribution in [0.5, 0.6) is 0 Å². The smallest absolute Gasteiger partial charge is 0.321 e. The van der Waals surface area contributed by atoms with Crippen molar-refractivity contribution in [1.29, 1.82) is 0 Å². The predicted molar refractivity (Wildman–Crippen MR) is 132 cm³/mol. The summed E-state index contributed by atoms with van der Waals surface area (Å²) in [5.41, 5.74) is 3.55. The molecular weight excluding hydrogens is 436 g/mol. The van der Waals surface area contributed by atoms with Crippen molar-refractivity contribution in [3.05, 3.63) is 96.1 Å². The van der Waals surface area contributed by atoms with Crippen molar-refractivity contribution in [2.24, 2.45) is 0 Å². The molecule has 172 valence electrons. The Labute approximate surface area is 195 Å². The highest BCUT2D eigenvalue weighted by Gasteiger charge is 2.28. The van der Waals surface area contributed by atoms with Gasteiger partial charge in [0, 0.05) is 37.6 Å². The van der Waals surface area contributed by atoms with E-state index in [0.29, 0.717) is 24.5 Å². The van der Waals surface area contributed by atoms with E-state index in [0.717, 1.165) is 19.3 Å². The first-order valence-electron chi connectivity index (χ1n) is 10.9. The van der Waals surface area contributed by atoms with Crippen molar-refractivity contribution < 1.29 is 13.2 Å². The van der Waals surface area contributed by atoms with Crippen LogP contribution in [0.1, 0.15) is 17.2 Å². The molecule has 0 spiro atoms. The van der Waals surface area contributed by atoms with Crippen LogP contribution in [0.25, 0.3) is 0 Å². The number of benzene rings is 3. The second kappa shape index (κ2) is 10.1. The van der Waals surface area contributed by atoms with Crippen LogP contribution < -0.4 is 10.0 Å². The van der Waals surface area contributed by atoms with E-state index in [1.807, 2.05) is 17.0 Å². The average Bonchev–Trinajstić information content (AvgIpc) is 2.81. The molecule has 0 bridgehead atoms. The molecular formula is C25H28N4O3S. The summed E-state index contributed by atoms with van der Waals surface area (Å²) >= 11 is 0. The first-order valence-corrected chi connectivity index (χ1v) is 12.8. The molecule has 1 heterocycles. The van der Waals surface area contributed by atoms with Crippen molar-refractivity contribution >= 4 is 27.4 Å². The fourth-order valence-corrected chi connectivity index (χ4v) is 4.67. The van der Waals surface area contributed by atoms with Crippen LogP contribution in [-0.4, -0.2) is 56.7 Å². The Morgan fingerprint density at radius 3 is 1.73 bits per heavy atom. The van der Waals surface area contributed by atoms with E-state index >= 15 is 0 Å². The summed E-state index contributed by atoms with van der Waals surface area (Å²) in [6, 6.07) is 27.5. The number of rotatable bonds is 6. The third-order valence-electron chi connectivity index (χ3n) is 5.64. The van der Waals surface area contributed by atoms with Gasteiger partial charge in [0.1, 0.15) is 0 Å². The van der Waals surface area contributed by atoms with Crippen LogP contribution in [-0.2, 0) is 10.0 Å². The third-order valence-corrected chi connectivity index (χ3v) is 6.24. The maximum absolute atomic E-state index is 12.8. The van der Waals surface area contributed by atoms with E-state index in [1.54, 1.807) is 24.3 Å². The van der Waals surface area contributed by atoms with Gasteiger partial charge in [0.05, 0.1) is 12.3 Å². The van der Waals surface area contributed by atoms with Gasteiger partial charge in [-0.2, -0.15) is 0 Å². The van der Waals surface area contributed by atoms with Crippen LogP contribution in [0.3, 0.4) is 0 Å². The Bertz CT molecular complexity index is 1120. The molecule has 1 fully saturated rings. The van der Waals surface area contributed by atoms with Gasteiger partial charge >= 0.3 is 6.03 Å². The zero-order chi connectivity index (χ0) is 23.3. The molecule has 1 aliphatic heterocycles. The largest absolute Gasteiger partial charge is 0.322 e. The minimum atomic E-state index is -3.33. The second-order valence-corrected chi connectivity index (χ2v) is 9.88. The maximum Gasteiger partial charge on any atom is 0.321 e. The molecule has 1 saturated heterocycles. The van der Waals surface area contributed by atoms with E-state index in [4.69, 9.17) is 0 Å². The molecule has 2 N–H and O–H groups in total. The summed E-state index contributed by atoms with van der Waals surface area (Å²) in [5.74, 6) is 0. The van der Waals surface area contributed by atoms with Gasteiger partial charge in [-0.1, -0.05) is 60.7 Å². The lowest BCUT2D eigenvalue weighted by Crippen LogP contribution is -2.51. The number of hydrogen-bond donors (Lipinski definition) is 2. The standard InChI is InChI=1S/C25H28N4O3S/c1-33(31,32)27-23-14-12-22(13-15-23)26-25(30)29-18-16-28(17-19-29)24(20-8-4-2-5-9-20)21-10-6-3-7-11-21/h2-15,24,27H,16-19H2,1H3,(H,26,30). The zero-order valence-electron chi connectivity index (χ0n) is 18.5. The molecule has 0 radical (unpaired) electrons. The van der Waals surface area contributed by atoms with Crippen molar-refractivity contribution in [3.8, 4) is 0 Å². The highest BCUT2D eigenvalue weighted by molar-refractivity contribution is 7.92. The van der Waals surface area contributed by atoms with Gasteiger partial charge in [-0.05, 0) is 35.4 Å². The lowest BCUT2D eigenvalue weighted by Gasteiger charge is -2.39. The Hall–Kier alpha value is -3.36. The van der Waals surface area contributed by atoms with Gasteiger partial charge in [-0.25, -0.2) is 13.2 Å². The third kappa shape index (κ3) is 6.12. The van der Waals surface area contributed by atoms with E-state index in [1.165, 1.54) is 11.1 Å². The number of urea groups is 1. The molecule has 0 unspecified atom stereocenters. The lowest BCUT2D eigenvalue weighted by molar-refractivity contribution is 0.126. The molecule has 0 aliphatic carbocycles. The number of piperazine rings is 1. The molecule has 3 aromatic carbocycles. The van der Waals surface area contributed by atoms with Crippen LogP contribution >= 0.6 is 0 Å². The number of carbonyl (C=O) groups excluding carboxylic acids is 1. The molecule has 0 atom stereocenters. The molecule has 3 aromatic rings. The quantitative estimate of drug-likeness (QED) is 0.578. The van der Waals surface area contributed by atoms with Gasteiger partial charge in [0.25, 0.3) is 0 Å². The molecule has 8 heteroatoms. The van der Waals surface area contributed by atoms with Crippen LogP contribution in [0, 0.1) is 0 Å². The van der Waals surface area contributed by atoms with Gasteiger partial charge in [-0.15, -0.1) is 0 Å². The van der Waals surface area contributed by atoms with Crippen molar-refractivity contribution in [2.75, 3.05) is 42.5 Å². The van der Waals surface area contributed by atoms with E-state index in [9.17, 15) is 13.2 Å². The maximum atomic E-state index is 12.8. The number of hydrogen-bond acceptors (Lipinski definition) is 4. The highest BCUT2D eigenvalue weighted by Crippen LogP contribution is 2.29. The van der Waals surface area contributed by atoms with Gasteiger partial charge in [0.15, 0.2) is 0 Å². The fraction of sp³-hybridized carbons (Fsp3) is 0.240. The number of amides is 2. The SMILES string of the molecule is CS(=O)(=O)Nc1ccc(NC(=O)N2CCN(C(c3ccccc3)c3ccccc3)CC2)cc1. The van der Waals surface area contributed by atoms with Gasteiger partial charge in [0.2, 0.25) is 10.0 Å². The first-order chi connectivity index (χ1) is 15.9. The van der Waals surface area contributed by atoms with Crippen LogP contribution in [0.2, 0.25) is 0 Å². The number of sulfonamides is 1. The van der Waals surface area contributed by atoms with Crippen LogP contribution in [0.15, 0.2) is 84.9 Å². The molecule has 0 aromatic heterocycles. The van der Waals surface area contributed by atoms with Gasteiger partial charge in [-0.3, -0.25) is 9.62 Å². The van der Waals surface area contributed by atoms with Crippen LogP contribution in [0.4, 0.5) is 16.2 Å². The van der Waals surface area contributed by atoms with Crippen molar-refractivity contribution in [1.82, 2.24) is 9.80 Å². The number of carbonyl (C=O) groups is 1. The van der Waals surface area contributed by atoms with Crippen molar-refractivity contribution in [2.45, 2.75) is 6.04 Å². The minimum absolute atomic E-state index is 0.146. The molecule has 7 nitrogen and oxygen atoms in total. The predicted octanol–water partition coefficient (Wildman–Crippen LogP) is 4.00. The minimum Gasteiger partial charge on any atom is -0.322 e. The second-order valence-electron chi connectivity index (χ2n) is 8.13. The summed E-state index contributed by atoms with van der Waals surface area (Å²) in [6.45, 7) is 2.77. The Kier molecular flexibility index (Phi) is 6.96. The van der Waals surface area contributed by atoms with E-state index in [-0.39, 0.29) is 12.1 Å². The Morgan fingerprint density at radius 1 is 0.758 bits per heavy atom. The molecule has 4 rings (SSSR count). The molecule has 1 aliphatic rings.